The Morgan fingerprint density at radius 2 is 2.07 bits per heavy atom. The Hall–Kier alpha value is -2.67. The number of aromatic nitrogens is 2. The molecule has 1 aromatic carbocycles. The van der Waals surface area contributed by atoms with E-state index >= 15 is 0 Å². The molecule has 29 heavy (non-hydrogen) atoms. The number of amides is 2. The maximum Gasteiger partial charge on any atom is 0.227 e. The first-order chi connectivity index (χ1) is 14.1. The molecular weight excluding hydrogens is 390 g/mol. The number of carbonyl (C=O) groups is 2. The predicted octanol–water partition coefficient (Wildman–Crippen LogP) is 2.79. The maximum absolute atomic E-state index is 12.7. The number of halogens is 1. The topological polar surface area (TPSA) is 78.4 Å². The van der Waals surface area contributed by atoms with Gasteiger partial charge in [0.2, 0.25) is 11.8 Å². The highest BCUT2D eigenvalue weighted by Crippen LogP contribution is 2.24. The van der Waals surface area contributed by atoms with Gasteiger partial charge in [-0.3, -0.25) is 9.59 Å². The summed E-state index contributed by atoms with van der Waals surface area (Å²) < 4.78 is 0. The molecule has 2 aliphatic heterocycles. The Labute approximate surface area is 175 Å². The number of carbonyl (C=O) groups excluding carboxylic acids is 2. The number of benzene rings is 1. The summed E-state index contributed by atoms with van der Waals surface area (Å²) in [5, 5.41) is 11.4. The molecular formula is C21H24ClN5O2. The Bertz CT molecular complexity index is 889. The Morgan fingerprint density at radius 1 is 1.17 bits per heavy atom. The van der Waals surface area contributed by atoms with Crippen LogP contribution in [-0.2, 0) is 16.1 Å². The number of anilines is 2. The molecule has 2 amide bonds. The third-order valence-electron chi connectivity index (χ3n) is 5.50. The van der Waals surface area contributed by atoms with E-state index in [2.05, 4.69) is 20.4 Å². The molecule has 2 aliphatic rings. The maximum atomic E-state index is 12.7. The van der Waals surface area contributed by atoms with E-state index in [1.165, 1.54) is 0 Å². The van der Waals surface area contributed by atoms with Crippen molar-refractivity contribution in [1.29, 1.82) is 0 Å². The fourth-order valence-electron chi connectivity index (χ4n) is 3.97. The lowest BCUT2D eigenvalue weighted by molar-refractivity contribution is -0.125. The number of rotatable bonds is 5. The van der Waals surface area contributed by atoms with Crippen LogP contribution >= 0.6 is 11.6 Å². The summed E-state index contributed by atoms with van der Waals surface area (Å²) in [5.74, 6) is 0.859. The van der Waals surface area contributed by atoms with Gasteiger partial charge in [0, 0.05) is 38.3 Å². The Morgan fingerprint density at radius 3 is 2.83 bits per heavy atom. The van der Waals surface area contributed by atoms with Gasteiger partial charge in [-0.1, -0.05) is 23.7 Å². The first kappa shape index (κ1) is 19.6. The van der Waals surface area contributed by atoms with Gasteiger partial charge in [0.1, 0.15) is 0 Å². The number of piperidine rings is 1. The predicted molar refractivity (Wildman–Crippen MR) is 112 cm³/mol. The first-order valence-electron chi connectivity index (χ1n) is 10.0. The molecule has 7 nitrogen and oxygen atoms in total. The molecule has 1 aromatic heterocycles. The molecule has 3 heterocycles. The van der Waals surface area contributed by atoms with Crippen molar-refractivity contribution in [3.8, 4) is 0 Å². The lowest BCUT2D eigenvalue weighted by atomic mass is 9.97. The molecule has 1 atom stereocenters. The summed E-state index contributed by atoms with van der Waals surface area (Å²) in [6, 6.07) is 11.4. The highest BCUT2D eigenvalue weighted by atomic mass is 35.5. The van der Waals surface area contributed by atoms with Gasteiger partial charge in [-0.2, -0.15) is 0 Å². The molecule has 2 saturated heterocycles. The third-order valence-corrected chi connectivity index (χ3v) is 5.70. The lowest BCUT2D eigenvalue weighted by Gasteiger charge is -2.32. The second-order valence-corrected chi connectivity index (χ2v) is 7.92. The molecule has 0 radical (unpaired) electrons. The zero-order valence-electron chi connectivity index (χ0n) is 16.2. The van der Waals surface area contributed by atoms with Gasteiger partial charge in [-0.15, -0.1) is 10.2 Å². The molecule has 0 bridgehead atoms. The monoisotopic (exact) mass is 413 g/mol. The van der Waals surface area contributed by atoms with Crippen LogP contribution in [0.25, 0.3) is 0 Å². The SMILES string of the molecule is O=C(NCc1cccc(N2CCCC2=O)c1)[C@@H]1CCCN(c2ccc(Cl)nn2)C1. The van der Waals surface area contributed by atoms with E-state index in [0.29, 0.717) is 24.7 Å². The minimum Gasteiger partial charge on any atom is -0.354 e. The van der Waals surface area contributed by atoms with Crippen LogP contribution in [0.15, 0.2) is 36.4 Å². The van der Waals surface area contributed by atoms with Crippen LogP contribution in [0.5, 0.6) is 0 Å². The van der Waals surface area contributed by atoms with Crippen molar-refractivity contribution < 1.29 is 9.59 Å². The average Bonchev–Trinajstić information content (AvgIpc) is 3.19. The average molecular weight is 414 g/mol. The van der Waals surface area contributed by atoms with Crippen LogP contribution in [0.3, 0.4) is 0 Å². The standard InChI is InChI=1S/C21H24ClN5O2/c22-18-8-9-19(25-24-18)26-10-2-5-16(14-26)21(29)23-13-15-4-1-6-17(12-15)27-11-3-7-20(27)28/h1,4,6,8-9,12,16H,2-3,5,7,10-11,13-14H2,(H,23,29)/t16-/m1/s1. The van der Waals surface area contributed by atoms with Gasteiger partial charge in [0.25, 0.3) is 0 Å². The van der Waals surface area contributed by atoms with Crippen molar-refractivity contribution in [2.24, 2.45) is 5.92 Å². The number of nitrogens with one attached hydrogen (secondary N) is 1. The van der Waals surface area contributed by atoms with Crippen LogP contribution in [0.2, 0.25) is 5.15 Å². The lowest BCUT2D eigenvalue weighted by Crippen LogP contribution is -2.43. The van der Waals surface area contributed by atoms with Crippen LogP contribution in [0, 0.1) is 5.92 Å². The van der Waals surface area contributed by atoms with Gasteiger partial charge in [0.15, 0.2) is 11.0 Å². The summed E-state index contributed by atoms with van der Waals surface area (Å²) >= 11 is 5.81. The van der Waals surface area contributed by atoms with Crippen molar-refractivity contribution in [2.45, 2.75) is 32.2 Å². The summed E-state index contributed by atoms with van der Waals surface area (Å²) in [6.45, 7) is 2.68. The molecule has 1 N–H and O–H groups in total. The molecule has 4 rings (SSSR count). The summed E-state index contributed by atoms with van der Waals surface area (Å²) in [5.41, 5.74) is 1.90. The molecule has 2 fully saturated rings. The van der Waals surface area contributed by atoms with Crippen molar-refractivity contribution in [1.82, 2.24) is 15.5 Å². The number of hydrogen-bond acceptors (Lipinski definition) is 5. The Balaban J connectivity index is 1.34. The van der Waals surface area contributed by atoms with Crippen molar-refractivity contribution in [2.75, 3.05) is 29.4 Å². The zero-order chi connectivity index (χ0) is 20.2. The normalized spacial score (nSPS) is 19.5. The summed E-state index contributed by atoms with van der Waals surface area (Å²) in [4.78, 5) is 28.6. The molecule has 0 aliphatic carbocycles. The smallest absolute Gasteiger partial charge is 0.227 e. The van der Waals surface area contributed by atoms with Crippen LogP contribution in [0.1, 0.15) is 31.2 Å². The van der Waals surface area contributed by atoms with E-state index in [9.17, 15) is 9.59 Å². The minimum atomic E-state index is -0.0930. The highest BCUT2D eigenvalue weighted by molar-refractivity contribution is 6.29. The first-order valence-corrected chi connectivity index (χ1v) is 10.4. The van der Waals surface area contributed by atoms with Crippen molar-refractivity contribution in [3.05, 3.63) is 47.1 Å². The van der Waals surface area contributed by atoms with Gasteiger partial charge >= 0.3 is 0 Å². The van der Waals surface area contributed by atoms with Crippen LogP contribution in [0.4, 0.5) is 11.5 Å². The highest BCUT2D eigenvalue weighted by Gasteiger charge is 2.27. The third kappa shape index (κ3) is 4.67. The number of nitrogens with zero attached hydrogens (tertiary/aromatic N) is 4. The molecule has 0 unspecified atom stereocenters. The van der Waals surface area contributed by atoms with Crippen LogP contribution in [-0.4, -0.2) is 41.6 Å². The zero-order valence-corrected chi connectivity index (χ0v) is 16.9. The fourth-order valence-corrected chi connectivity index (χ4v) is 4.07. The van der Waals surface area contributed by atoms with Crippen molar-refractivity contribution in [3.63, 3.8) is 0 Å². The van der Waals surface area contributed by atoms with Gasteiger partial charge < -0.3 is 15.1 Å². The molecule has 0 spiro atoms. The summed E-state index contributed by atoms with van der Waals surface area (Å²) in [6.07, 6.45) is 3.29. The molecule has 2 aromatic rings. The summed E-state index contributed by atoms with van der Waals surface area (Å²) in [7, 11) is 0. The van der Waals surface area contributed by atoms with E-state index in [-0.39, 0.29) is 17.7 Å². The van der Waals surface area contributed by atoms with E-state index in [0.717, 1.165) is 49.4 Å². The largest absolute Gasteiger partial charge is 0.354 e. The number of hydrogen-bond donors (Lipinski definition) is 1. The van der Waals surface area contributed by atoms with E-state index in [1.807, 2.05) is 35.2 Å². The van der Waals surface area contributed by atoms with E-state index in [1.54, 1.807) is 6.07 Å². The van der Waals surface area contributed by atoms with Crippen LogP contribution < -0.4 is 15.1 Å². The molecule has 0 saturated carbocycles. The fraction of sp³-hybridized carbons (Fsp3) is 0.429. The molecule has 8 heteroatoms. The molecule has 152 valence electrons. The van der Waals surface area contributed by atoms with Gasteiger partial charge in [-0.25, -0.2) is 0 Å². The second kappa shape index (κ2) is 8.78. The van der Waals surface area contributed by atoms with Gasteiger partial charge in [-0.05, 0) is 49.1 Å². The van der Waals surface area contributed by atoms with E-state index < -0.39 is 0 Å². The van der Waals surface area contributed by atoms with E-state index in [4.69, 9.17) is 11.6 Å². The van der Waals surface area contributed by atoms with Gasteiger partial charge in [0.05, 0.1) is 5.92 Å². The van der Waals surface area contributed by atoms with Crippen molar-refractivity contribution >= 4 is 34.9 Å². The Kier molecular flexibility index (Phi) is 5.94. The second-order valence-electron chi connectivity index (χ2n) is 7.54. The minimum absolute atomic E-state index is 0.0410. The quantitative estimate of drug-likeness (QED) is 0.815.